The van der Waals surface area contributed by atoms with Crippen molar-refractivity contribution in [2.75, 3.05) is 6.54 Å². The van der Waals surface area contributed by atoms with E-state index < -0.39 is 10.0 Å². The van der Waals surface area contributed by atoms with Crippen molar-refractivity contribution < 1.29 is 13.2 Å². The lowest BCUT2D eigenvalue weighted by molar-refractivity contribution is -0.121. The Kier molecular flexibility index (Phi) is 6.57. The minimum Gasteiger partial charge on any atom is -0.352 e. The van der Waals surface area contributed by atoms with Crippen molar-refractivity contribution >= 4 is 32.8 Å². The summed E-state index contributed by atoms with van der Waals surface area (Å²) >= 11 is 0. The Bertz CT molecular complexity index is 1080. The molecule has 5 nitrogen and oxygen atoms in total. The van der Waals surface area contributed by atoms with E-state index in [1.54, 1.807) is 0 Å². The van der Waals surface area contributed by atoms with Crippen molar-refractivity contribution in [1.29, 1.82) is 0 Å². The highest BCUT2D eigenvalue weighted by molar-refractivity contribution is 7.92. The van der Waals surface area contributed by atoms with Crippen LogP contribution >= 0.6 is 0 Å². The van der Waals surface area contributed by atoms with Crippen LogP contribution in [0.3, 0.4) is 0 Å². The molecule has 0 saturated heterocycles. The van der Waals surface area contributed by atoms with Crippen LogP contribution in [0.15, 0.2) is 78.2 Å². The molecule has 0 bridgehead atoms. The van der Waals surface area contributed by atoms with Crippen molar-refractivity contribution in [3.05, 3.63) is 89.3 Å². The molecule has 144 valence electrons. The maximum Gasteiger partial charge on any atom is 0.233 e. The molecule has 3 aromatic carbocycles. The number of hydrogen-bond acceptors (Lipinski definition) is 3. The first kappa shape index (κ1) is 19.8. The van der Waals surface area contributed by atoms with Crippen LogP contribution in [0.25, 0.3) is 16.8 Å². The highest BCUT2D eigenvalue weighted by Gasteiger charge is 2.07. The van der Waals surface area contributed by atoms with Gasteiger partial charge in [-0.3, -0.25) is 4.79 Å². The molecule has 0 radical (unpaired) electrons. The monoisotopic (exact) mass is 394 g/mol. The van der Waals surface area contributed by atoms with Gasteiger partial charge in [0.05, 0.1) is 0 Å². The van der Waals surface area contributed by atoms with Gasteiger partial charge in [-0.2, -0.15) is 0 Å². The maximum absolute atomic E-state index is 12.0. The third kappa shape index (κ3) is 6.04. The fraction of sp³-hybridized carbons (Fsp3) is 0.136. The predicted molar refractivity (Wildman–Crippen MR) is 113 cm³/mol. The topological polar surface area (TPSA) is 75.3 Å². The van der Waals surface area contributed by atoms with Crippen LogP contribution in [0.4, 0.5) is 0 Å². The molecule has 3 aromatic rings. The molecule has 0 unspecified atom stereocenters. The summed E-state index contributed by atoms with van der Waals surface area (Å²) < 4.78 is 26.3. The second kappa shape index (κ2) is 9.30. The molecule has 0 aliphatic rings. The molecule has 1 amide bonds. The second-order valence-corrected chi connectivity index (χ2v) is 8.01. The fourth-order valence-electron chi connectivity index (χ4n) is 2.73. The normalized spacial score (nSPS) is 11.7. The number of carbonyl (C=O) groups is 1. The van der Waals surface area contributed by atoms with E-state index in [4.69, 9.17) is 0 Å². The van der Waals surface area contributed by atoms with Gasteiger partial charge >= 0.3 is 0 Å². The third-order valence-electron chi connectivity index (χ3n) is 4.20. The van der Waals surface area contributed by atoms with Gasteiger partial charge in [0.1, 0.15) is 0 Å². The maximum atomic E-state index is 12.0. The molecule has 0 fully saturated rings. The van der Waals surface area contributed by atoms with Crippen LogP contribution in [-0.4, -0.2) is 20.9 Å². The zero-order chi connectivity index (χ0) is 19.8. The predicted octanol–water partition coefficient (Wildman–Crippen LogP) is 3.44. The van der Waals surface area contributed by atoms with E-state index >= 15 is 0 Å². The summed E-state index contributed by atoms with van der Waals surface area (Å²) in [5.41, 5.74) is 1.79. The lowest BCUT2D eigenvalue weighted by Crippen LogP contribution is -2.29. The highest BCUT2D eigenvalue weighted by Crippen LogP contribution is 2.15. The average molecular weight is 394 g/mol. The Morgan fingerprint density at radius 3 is 2.39 bits per heavy atom. The SMILES string of the molecule is O=C(CCNS(=O)(=O)/C=C/c1ccccc1)NCc1ccc2ccccc2c1. The van der Waals surface area contributed by atoms with Crippen LogP contribution in [0.2, 0.25) is 0 Å². The van der Waals surface area contributed by atoms with Gasteiger partial charge in [0.25, 0.3) is 0 Å². The summed E-state index contributed by atoms with van der Waals surface area (Å²) in [5, 5.41) is 6.19. The number of amides is 1. The minimum atomic E-state index is -3.58. The molecule has 0 aliphatic heterocycles. The fourth-order valence-corrected chi connectivity index (χ4v) is 3.54. The Labute approximate surface area is 165 Å². The van der Waals surface area contributed by atoms with E-state index in [2.05, 4.69) is 10.0 Å². The van der Waals surface area contributed by atoms with Gasteiger partial charge < -0.3 is 5.32 Å². The first-order valence-corrected chi connectivity index (χ1v) is 10.5. The van der Waals surface area contributed by atoms with Crippen LogP contribution in [0.1, 0.15) is 17.5 Å². The molecule has 0 saturated carbocycles. The first-order chi connectivity index (χ1) is 13.5. The zero-order valence-corrected chi connectivity index (χ0v) is 16.2. The summed E-state index contributed by atoms with van der Waals surface area (Å²) in [7, 11) is -3.58. The third-order valence-corrected chi connectivity index (χ3v) is 5.30. The summed E-state index contributed by atoms with van der Waals surface area (Å²) in [5.74, 6) is -0.206. The number of benzene rings is 3. The van der Waals surface area contributed by atoms with Crippen molar-refractivity contribution in [2.24, 2.45) is 0 Å². The number of nitrogens with one attached hydrogen (secondary N) is 2. The van der Waals surface area contributed by atoms with Crippen molar-refractivity contribution in [1.82, 2.24) is 10.0 Å². The van der Waals surface area contributed by atoms with E-state index in [1.807, 2.05) is 72.8 Å². The molecule has 0 spiro atoms. The van der Waals surface area contributed by atoms with Crippen LogP contribution in [0.5, 0.6) is 0 Å². The van der Waals surface area contributed by atoms with Crippen molar-refractivity contribution in [3.63, 3.8) is 0 Å². The van der Waals surface area contributed by atoms with Crippen LogP contribution < -0.4 is 10.0 Å². The minimum absolute atomic E-state index is 0.0466. The Balaban J connectivity index is 1.44. The lowest BCUT2D eigenvalue weighted by Gasteiger charge is -2.07. The molecule has 0 atom stereocenters. The Morgan fingerprint density at radius 2 is 1.61 bits per heavy atom. The quantitative estimate of drug-likeness (QED) is 0.615. The molecular weight excluding hydrogens is 372 g/mol. The standard InChI is InChI=1S/C22H22N2O3S/c25-22(23-17-19-10-11-20-8-4-5-9-21(20)16-19)12-14-24-28(26,27)15-13-18-6-2-1-3-7-18/h1-11,13,15-16,24H,12,14,17H2,(H,23,25)/b15-13+. The first-order valence-electron chi connectivity index (χ1n) is 8.99. The highest BCUT2D eigenvalue weighted by atomic mass is 32.2. The summed E-state index contributed by atoms with van der Waals surface area (Å²) in [4.78, 5) is 12.0. The van der Waals surface area contributed by atoms with Gasteiger partial charge in [0, 0.05) is 24.9 Å². The van der Waals surface area contributed by atoms with E-state index in [0.717, 1.165) is 27.3 Å². The van der Waals surface area contributed by atoms with Gasteiger partial charge in [-0.15, -0.1) is 0 Å². The lowest BCUT2D eigenvalue weighted by atomic mass is 10.1. The number of sulfonamides is 1. The van der Waals surface area contributed by atoms with Gasteiger partial charge in [-0.25, -0.2) is 13.1 Å². The summed E-state index contributed by atoms with van der Waals surface area (Å²) in [6.45, 7) is 0.454. The smallest absolute Gasteiger partial charge is 0.233 e. The molecule has 2 N–H and O–H groups in total. The van der Waals surface area contributed by atoms with Gasteiger partial charge in [-0.1, -0.05) is 66.7 Å². The largest absolute Gasteiger partial charge is 0.352 e. The molecule has 0 aliphatic carbocycles. The van der Waals surface area contributed by atoms with Gasteiger partial charge in [-0.05, 0) is 34.0 Å². The van der Waals surface area contributed by atoms with E-state index in [-0.39, 0.29) is 18.9 Å². The van der Waals surface area contributed by atoms with Crippen molar-refractivity contribution in [2.45, 2.75) is 13.0 Å². The van der Waals surface area contributed by atoms with E-state index in [0.29, 0.717) is 6.54 Å². The molecule has 3 rings (SSSR count). The Morgan fingerprint density at radius 1 is 0.893 bits per heavy atom. The number of hydrogen-bond donors (Lipinski definition) is 2. The molecule has 6 heteroatoms. The molecule has 28 heavy (non-hydrogen) atoms. The Hall–Kier alpha value is -2.96. The van der Waals surface area contributed by atoms with Crippen LogP contribution in [-0.2, 0) is 21.4 Å². The average Bonchev–Trinajstić information content (AvgIpc) is 2.71. The summed E-state index contributed by atoms with van der Waals surface area (Å²) in [6, 6.07) is 23.2. The van der Waals surface area contributed by atoms with E-state index in [1.165, 1.54) is 6.08 Å². The number of carbonyl (C=O) groups excluding carboxylic acids is 1. The summed E-state index contributed by atoms with van der Waals surface area (Å²) in [6.07, 6.45) is 1.59. The van der Waals surface area contributed by atoms with Gasteiger partial charge in [0.15, 0.2) is 0 Å². The van der Waals surface area contributed by atoms with Crippen molar-refractivity contribution in [3.8, 4) is 0 Å². The van der Waals surface area contributed by atoms with E-state index in [9.17, 15) is 13.2 Å². The molecular formula is C22H22N2O3S. The number of rotatable bonds is 8. The molecule has 0 heterocycles. The number of fused-ring (bicyclic) bond motifs is 1. The zero-order valence-electron chi connectivity index (χ0n) is 15.3. The van der Waals surface area contributed by atoms with Gasteiger partial charge in [0.2, 0.25) is 15.9 Å². The van der Waals surface area contributed by atoms with Crippen LogP contribution in [0, 0.1) is 0 Å². The second-order valence-electron chi connectivity index (χ2n) is 6.36. The molecule has 0 aromatic heterocycles.